The Bertz CT molecular complexity index is 1570. The van der Waals surface area contributed by atoms with Crippen LogP contribution < -0.4 is 27.8 Å². The number of ether oxygens (including phenoxy) is 2. The first kappa shape index (κ1) is 48.7. The molecule has 0 radical (unpaired) electrons. The van der Waals surface area contributed by atoms with Gasteiger partial charge in [0.05, 0.1) is 47.7 Å². The summed E-state index contributed by atoms with van der Waals surface area (Å²) in [5.41, 5.74) is 6.79. The predicted molar refractivity (Wildman–Crippen MR) is 184 cm³/mol. The maximum Gasteiger partial charge on any atom is 0.416 e. The first-order valence-electron chi connectivity index (χ1n) is 17.5. The highest BCUT2D eigenvalue weighted by Gasteiger charge is 2.44. The number of primary amides is 1. The summed E-state index contributed by atoms with van der Waals surface area (Å²) in [5.74, 6) is -1.82. The Morgan fingerprint density at radius 2 is 0.914 bits per heavy atom. The molecular formula is C36H45F12N5O5. The number of piperidine rings is 2. The van der Waals surface area contributed by atoms with Crippen molar-refractivity contribution in [3.63, 3.8) is 0 Å². The van der Waals surface area contributed by atoms with Crippen LogP contribution in [0.1, 0.15) is 99.0 Å². The van der Waals surface area contributed by atoms with Gasteiger partial charge in [0.1, 0.15) is 11.1 Å². The summed E-state index contributed by atoms with van der Waals surface area (Å²) in [4.78, 5) is 22.6. The van der Waals surface area contributed by atoms with E-state index >= 15 is 0 Å². The fourth-order valence-corrected chi connectivity index (χ4v) is 5.97. The third kappa shape index (κ3) is 12.7. The van der Waals surface area contributed by atoms with Crippen LogP contribution in [0.5, 0.6) is 0 Å². The van der Waals surface area contributed by atoms with Gasteiger partial charge in [0.25, 0.3) is 0 Å². The molecule has 58 heavy (non-hydrogen) atoms. The number of carbonyl (C=O) groups excluding carboxylic acids is 1. The molecule has 4 rings (SSSR count). The van der Waals surface area contributed by atoms with E-state index in [2.05, 4.69) is 10.6 Å². The molecule has 0 aromatic heterocycles. The Labute approximate surface area is 325 Å². The van der Waals surface area contributed by atoms with Gasteiger partial charge >= 0.3 is 30.7 Å². The zero-order valence-electron chi connectivity index (χ0n) is 31.6. The van der Waals surface area contributed by atoms with Gasteiger partial charge in [-0.15, -0.1) is 0 Å². The summed E-state index contributed by atoms with van der Waals surface area (Å²) < 4.78 is 167. The van der Waals surface area contributed by atoms with Gasteiger partial charge in [-0.05, 0) is 101 Å². The molecule has 9 N–H and O–H groups in total. The third-order valence-electron chi connectivity index (χ3n) is 10.3. The molecule has 328 valence electrons. The van der Waals surface area contributed by atoms with Crippen LogP contribution in [-0.4, -0.2) is 65.4 Å². The van der Waals surface area contributed by atoms with Crippen molar-refractivity contribution in [1.82, 2.24) is 10.6 Å². The minimum atomic E-state index is -4.94. The third-order valence-corrected chi connectivity index (χ3v) is 10.3. The normalized spacial score (nSPS) is 26.9. The van der Waals surface area contributed by atoms with Crippen molar-refractivity contribution in [2.75, 3.05) is 26.3 Å². The number of nitrogens with one attached hydrogen (secondary N) is 2. The molecule has 2 aromatic carbocycles. The lowest BCUT2D eigenvalue weighted by molar-refractivity contribution is -0.146. The molecule has 0 saturated carbocycles. The number of hydrogen-bond donors (Lipinski definition) is 6. The lowest BCUT2D eigenvalue weighted by atomic mass is 9.81. The smallest absolute Gasteiger partial charge is 0.416 e. The number of aliphatic carboxylic acids is 1. The second-order valence-corrected chi connectivity index (χ2v) is 15.4. The van der Waals surface area contributed by atoms with Crippen LogP contribution in [0.2, 0.25) is 0 Å². The monoisotopic (exact) mass is 855 g/mol. The quantitative estimate of drug-likeness (QED) is 0.140. The van der Waals surface area contributed by atoms with Crippen molar-refractivity contribution in [3.8, 4) is 0 Å². The second-order valence-electron chi connectivity index (χ2n) is 15.4. The molecule has 1 amide bonds. The molecule has 22 heteroatoms. The van der Waals surface area contributed by atoms with Crippen molar-refractivity contribution in [2.24, 2.45) is 17.2 Å². The first-order chi connectivity index (χ1) is 26.1. The van der Waals surface area contributed by atoms with E-state index in [1.807, 2.05) is 0 Å². The fraction of sp³-hybridized carbons (Fsp3) is 0.611. The van der Waals surface area contributed by atoms with Crippen LogP contribution in [0.4, 0.5) is 52.7 Å². The van der Waals surface area contributed by atoms with E-state index in [4.69, 9.17) is 31.8 Å². The minimum absolute atomic E-state index is 0.0133. The molecule has 0 spiro atoms. The summed E-state index contributed by atoms with van der Waals surface area (Å²) in [6, 6.07) is 2.69. The summed E-state index contributed by atoms with van der Waals surface area (Å²) in [5, 5.41) is 15.1. The predicted octanol–water partition coefficient (Wildman–Crippen LogP) is 6.85. The molecule has 2 aliphatic heterocycles. The molecular weight excluding hydrogens is 810 g/mol. The number of carboxylic acid groups (broad SMARTS) is 1. The number of nitrogens with two attached hydrogens (primary N) is 3. The van der Waals surface area contributed by atoms with Crippen molar-refractivity contribution >= 4 is 11.9 Å². The summed E-state index contributed by atoms with van der Waals surface area (Å²) in [6.45, 7) is 6.17. The Morgan fingerprint density at radius 3 is 1.14 bits per heavy atom. The van der Waals surface area contributed by atoms with E-state index in [0.29, 0.717) is 37.1 Å². The number of rotatable bonds is 10. The van der Waals surface area contributed by atoms with Gasteiger partial charge in [0.15, 0.2) is 0 Å². The SMILES string of the molecule is C[C@@H](OC[C@@]1(C)CC[C@@](N)(C(=O)O)CN1)c1cc(C(F)(F)F)cc(C(F)(F)F)c1.C[C@@H](OC[C@@]1(C)CC[C@@](N)(C(N)=O)CN1)c1cc(C(F)(F)F)cc(C(F)(F)F)c1. The zero-order valence-corrected chi connectivity index (χ0v) is 31.6. The first-order valence-corrected chi connectivity index (χ1v) is 17.5. The number of benzene rings is 2. The second kappa shape index (κ2) is 17.1. The Hall–Kier alpha value is -3.70. The summed E-state index contributed by atoms with van der Waals surface area (Å²) in [7, 11) is 0. The van der Waals surface area contributed by atoms with Gasteiger partial charge in [-0.3, -0.25) is 9.59 Å². The number of carboxylic acids is 1. The highest BCUT2D eigenvalue weighted by molar-refractivity contribution is 5.84. The van der Waals surface area contributed by atoms with E-state index in [-0.39, 0.29) is 62.4 Å². The number of alkyl halides is 12. The maximum absolute atomic E-state index is 13.0. The van der Waals surface area contributed by atoms with E-state index < -0.39 is 93.2 Å². The van der Waals surface area contributed by atoms with Crippen LogP contribution in [0.15, 0.2) is 36.4 Å². The molecule has 0 bridgehead atoms. The molecule has 2 aliphatic rings. The lowest BCUT2D eigenvalue weighted by Crippen LogP contribution is -2.66. The van der Waals surface area contributed by atoms with Gasteiger partial charge in [-0.2, -0.15) is 52.7 Å². The lowest BCUT2D eigenvalue weighted by Gasteiger charge is -2.42. The highest BCUT2D eigenvalue weighted by Crippen LogP contribution is 2.40. The van der Waals surface area contributed by atoms with Crippen LogP contribution in [-0.2, 0) is 43.8 Å². The van der Waals surface area contributed by atoms with E-state index in [0.717, 1.165) is 0 Å². The van der Waals surface area contributed by atoms with Gasteiger partial charge < -0.3 is 42.4 Å². The molecule has 10 nitrogen and oxygen atoms in total. The van der Waals surface area contributed by atoms with E-state index in [1.54, 1.807) is 13.8 Å². The number of halogens is 12. The summed E-state index contributed by atoms with van der Waals surface area (Å²) >= 11 is 0. The molecule has 2 fully saturated rings. The Balaban J connectivity index is 0.000000310. The zero-order chi connectivity index (χ0) is 44.5. The molecule has 2 heterocycles. The van der Waals surface area contributed by atoms with Crippen molar-refractivity contribution in [3.05, 3.63) is 69.8 Å². The molecule has 0 unspecified atom stereocenters. The summed E-state index contributed by atoms with van der Waals surface area (Å²) in [6.07, 6.45) is -20.7. The van der Waals surface area contributed by atoms with Gasteiger partial charge in [-0.25, -0.2) is 0 Å². The van der Waals surface area contributed by atoms with Crippen molar-refractivity contribution in [2.45, 2.75) is 112 Å². The Morgan fingerprint density at radius 1 is 0.621 bits per heavy atom. The Kier molecular flexibility index (Phi) is 14.4. The van der Waals surface area contributed by atoms with Crippen LogP contribution >= 0.6 is 0 Å². The van der Waals surface area contributed by atoms with Crippen LogP contribution in [0.25, 0.3) is 0 Å². The van der Waals surface area contributed by atoms with Gasteiger partial charge in [-0.1, -0.05) is 0 Å². The van der Waals surface area contributed by atoms with Crippen LogP contribution in [0, 0.1) is 0 Å². The molecule has 2 saturated heterocycles. The number of carbonyl (C=O) groups is 2. The van der Waals surface area contributed by atoms with Crippen molar-refractivity contribution in [1.29, 1.82) is 0 Å². The molecule has 0 aliphatic carbocycles. The average molecular weight is 856 g/mol. The van der Waals surface area contributed by atoms with E-state index in [1.165, 1.54) is 13.8 Å². The fourth-order valence-electron chi connectivity index (χ4n) is 5.97. The number of amides is 1. The minimum Gasteiger partial charge on any atom is -0.480 e. The van der Waals surface area contributed by atoms with Crippen molar-refractivity contribution < 1.29 is 76.9 Å². The van der Waals surface area contributed by atoms with Crippen LogP contribution in [0.3, 0.4) is 0 Å². The van der Waals surface area contributed by atoms with Gasteiger partial charge in [0.2, 0.25) is 5.91 Å². The molecule has 6 atom stereocenters. The molecule has 2 aromatic rings. The maximum atomic E-state index is 13.0. The average Bonchev–Trinajstić information content (AvgIpc) is 3.11. The van der Waals surface area contributed by atoms with Gasteiger partial charge in [0, 0.05) is 24.2 Å². The highest BCUT2D eigenvalue weighted by atomic mass is 19.4. The van der Waals surface area contributed by atoms with E-state index in [9.17, 15) is 62.3 Å². The largest absolute Gasteiger partial charge is 0.480 e. The topological polar surface area (TPSA) is 175 Å². The number of hydrogen-bond acceptors (Lipinski definition) is 8. The standard InChI is InChI=1S/C18H23F6N3O2.C18H22F6N2O3/c1-10(29-9-15(2)3-4-16(26,8-27-15)14(25)28)11-5-12(17(19,20)21)7-13(6-11)18(22,23)24;1-10(29-9-15(2)3-4-16(25,8-26-15)14(27)28)11-5-12(17(19,20)21)7-13(6-11)18(22,23)24/h5-7,10,27H,3-4,8-9,26H2,1-2H3,(H2,25,28);5-7,10,26H,3-4,8-9,25H2,1-2H3,(H,27,28)/t2*10-,15-,16+/m11/s1.